The predicted octanol–water partition coefficient (Wildman–Crippen LogP) is 8.86. The second-order valence-electron chi connectivity index (χ2n) is 11.2. The minimum atomic E-state index is 0. The van der Waals surface area contributed by atoms with Gasteiger partial charge in [0.15, 0.2) is 0 Å². The van der Waals surface area contributed by atoms with E-state index in [9.17, 15) is 0 Å². The smallest absolute Gasteiger partial charge is 0.0777 e. The van der Waals surface area contributed by atoms with Crippen molar-refractivity contribution in [2.24, 2.45) is 5.92 Å². The summed E-state index contributed by atoms with van der Waals surface area (Å²) in [6, 6.07) is 32.1. The molecule has 2 aromatic heterocycles. The van der Waals surface area contributed by atoms with E-state index in [1.54, 1.807) is 5.57 Å². The SMILES string of the molecule is CC1C=C(C2CCCC2)c2cccc3nc(-c4[c-]cccc4)n1c23.CC1Cc2ccc[c-]c2-c2ncccc21.[Ir]. The molecule has 1 radical (unpaired) electrons. The van der Waals surface area contributed by atoms with Gasteiger partial charge in [0, 0.05) is 37.9 Å². The van der Waals surface area contributed by atoms with Crippen molar-refractivity contribution < 1.29 is 20.1 Å². The molecule has 0 saturated heterocycles. The largest absolute Gasteiger partial charge is 0.358 e. The van der Waals surface area contributed by atoms with Gasteiger partial charge in [0.2, 0.25) is 0 Å². The number of benzene rings is 3. The van der Waals surface area contributed by atoms with Crippen LogP contribution >= 0.6 is 0 Å². The van der Waals surface area contributed by atoms with Gasteiger partial charge in [0.1, 0.15) is 0 Å². The van der Waals surface area contributed by atoms with Crippen LogP contribution in [0.4, 0.5) is 0 Å². The van der Waals surface area contributed by atoms with Crippen LogP contribution in [0.1, 0.15) is 68.2 Å². The van der Waals surface area contributed by atoms with Crippen molar-refractivity contribution in [2.45, 2.75) is 57.9 Å². The van der Waals surface area contributed by atoms with E-state index in [4.69, 9.17) is 4.98 Å². The van der Waals surface area contributed by atoms with Gasteiger partial charge in [-0.15, -0.1) is 71.3 Å². The summed E-state index contributed by atoms with van der Waals surface area (Å²) >= 11 is 0. The quantitative estimate of drug-likeness (QED) is 0.173. The number of imidazole rings is 1. The van der Waals surface area contributed by atoms with Gasteiger partial charge in [0.25, 0.3) is 0 Å². The Morgan fingerprint density at radius 1 is 0.875 bits per heavy atom. The molecule has 3 nitrogen and oxygen atoms in total. The Hall–Kier alpha value is -3.33. The molecule has 0 N–H and O–H groups in total. The standard InChI is InChI=1S/C22H21N2.C14H12N.Ir/c1-15-14-19(16-8-5-6-9-16)18-12-7-13-20-21(18)24(15)22(23-20)17-10-3-2-4-11-17;1-10-9-11-5-2-3-6-13(11)14-12(10)7-4-8-15-14;/h2-4,7,10,12-16H,5-6,8-9H2,1H3;2-5,7-8,10H,9H2,1H3;/q2*-1;. The molecule has 5 aromatic rings. The van der Waals surface area contributed by atoms with Gasteiger partial charge in [-0.1, -0.05) is 56.0 Å². The number of hydrogen-bond acceptors (Lipinski definition) is 2. The number of para-hydroxylation sites is 1. The van der Waals surface area contributed by atoms with E-state index in [0.717, 1.165) is 34.9 Å². The Morgan fingerprint density at radius 3 is 2.55 bits per heavy atom. The van der Waals surface area contributed by atoms with Gasteiger partial charge >= 0.3 is 0 Å². The Kier molecular flexibility index (Phi) is 7.57. The van der Waals surface area contributed by atoms with E-state index < -0.39 is 0 Å². The molecule has 0 spiro atoms. The molecule has 4 heteroatoms. The maximum absolute atomic E-state index is 4.96. The van der Waals surface area contributed by atoms with Crippen molar-refractivity contribution in [3.05, 3.63) is 114 Å². The van der Waals surface area contributed by atoms with Crippen molar-refractivity contribution in [1.29, 1.82) is 0 Å². The van der Waals surface area contributed by atoms with Crippen LogP contribution in [-0.2, 0) is 26.5 Å². The monoisotopic (exact) mass is 700 g/mol. The zero-order valence-corrected chi connectivity index (χ0v) is 25.4. The fourth-order valence-electron chi connectivity index (χ4n) is 6.84. The van der Waals surface area contributed by atoms with Crippen molar-refractivity contribution in [2.75, 3.05) is 0 Å². The van der Waals surface area contributed by atoms with Gasteiger partial charge in [-0.2, -0.15) is 0 Å². The van der Waals surface area contributed by atoms with Gasteiger partial charge in [-0.05, 0) is 55.0 Å². The third-order valence-electron chi connectivity index (χ3n) is 8.67. The molecule has 1 fully saturated rings. The normalized spacial score (nSPS) is 19.1. The predicted molar refractivity (Wildman–Crippen MR) is 159 cm³/mol. The number of fused-ring (bicyclic) bond motifs is 3. The van der Waals surface area contributed by atoms with Crippen LogP contribution in [0.2, 0.25) is 0 Å². The number of nitrogens with zero attached hydrogens (tertiary/aromatic N) is 3. The van der Waals surface area contributed by atoms with Crippen molar-refractivity contribution >= 4 is 16.6 Å². The molecule has 8 rings (SSSR count). The number of allylic oxidation sites excluding steroid dienone is 2. The number of hydrogen-bond donors (Lipinski definition) is 0. The van der Waals surface area contributed by atoms with Crippen LogP contribution in [0.25, 0.3) is 39.3 Å². The minimum Gasteiger partial charge on any atom is -0.358 e. The first kappa shape index (κ1) is 26.9. The molecule has 203 valence electrons. The summed E-state index contributed by atoms with van der Waals surface area (Å²) in [7, 11) is 0. The van der Waals surface area contributed by atoms with E-state index in [0.29, 0.717) is 12.0 Å². The van der Waals surface area contributed by atoms with Gasteiger partial charge in [0.05, 0.1) is 16.9 Å². The summed E-state index contributed by atoms with van der Waals surface area (Å²) < 4.78 is 2.40. The molecular weight excluding hydrogens is 667 g/mol. The molecule has 0 amide bonds. The molecular formula is C36H33IrN3-2. The summed E-state index contributed by atoms with van der Waals surface area (Å²) in [6.07, 6.45) is 10.9. The van der Waals surface area contributed by atoms with Crippen LogP contribution in [0.3, 0.4) is 0 Å². The minimum absolute atomic E-state index is 0. The average Bonchev–Trinajstić information content (AvgIpc) is 3.66. The van der Waals surface area contributed by atoms with Crippen LogP contribution in [-0.4, -0.2) is 14.5 Å². The first-order valence-corrected chi connectivity index (χ1v) is 14.3. The first-order chi connectivity index (χ1) is 19.2. The topological polar surface area (TPSA) is 30.7 Å². The van der Waals surface area contributed by atoms with E-state index in [1.165, 1.54) is 53.5 Å². The van der Waals surface area contributed by atoms with Gasteiger partial charge in [-0.3, -0.25) is 4.98 Å². The first-order valence-electron chi connectivity index (χ1n) is 14.3. The molecule has 3 heterocycles. The number of rotatable bonds is 2. The molecule has 0 bridgehead atoms. The molecule has 2 unspecified atom stereocenters. The summed E-state index contributed by atoms with van der Waals surface area (Å²) in [5.41, 5.74) is 11.5. The van der Waals surface area contributed by atoms with Crippen LogP contribution in [0, 0.1) is 18.1 Å². The van der Waals surface area contributed by atoms with Crippen LogP contribution in [0.15, 0.2) is 85.1 Å². The van der Waals surface area contributed by atoms with E-state index in [-0.39, 0.29) is 20.1 Å². The summed E-state index contributed by atoms with van der Waals surface area (Å²) in [6.45, 7) is 4.55. The van der Waals surface area contributed by atoms with Crippen molar-refractivity contribution in [1.82, 2.24) is 14.5 Å². The molecule has 1 saturated carbocycles. The third kappa shape index (κ3) is 4.68. The van der Waals surface area contributed by atoms with E-state index in [1.807, 2.05) is 30.5 Å². The number of aromatic nitrogens is 3. The molecule has 1 aliphatic heterocycles. The summed E-state index contributed by atoms with van der Waals surface area (Å²) in [4.78, 5) is 9.44. The Labute approximate surface area is 250 Å². The summed E-state index contributed by atoms with van der Waals surface area (Å²) in [5, 5.41) is 0. The molecule has 2 atom stereocenters. The molecule has 3 aromatic carbocycles. The maximum Gasteiger partial charge on any atom is 0.0777 e. The second-order valence-corrected chi connectivity index (χ2v) is 11.2. The van der Waals surface area contributed by atoms with Crippen LogP contribution < -0.4 is 0 Å². The fraction of sp³-hybridized carbons (Fsp3) is 0.278. The van der Waals surface area contributed by atoms with Crippen molar-refractivity contribution in [3.63, 3.8) is 0 Å². The average molecular weight is 700 g/mol. The van der Waals surface area contributed by atoms with E-state index >= 15 is 0 Å². The zero-order chi connectivity index (χ0) is 26.3. The Morgan fingerprint density at radius 2 is 1.73 bits per heavy atom. The zero-order valence-electron chi connectivity index (χ0n) is 23.0. The number of pyridine rings is 1. The Balaban J connectivity index is 0.000000156. The summed E-state index contributed by atoms with van der Waals surface area (Å²) in [5.74, 6) is 2.33. The maximum atomic E-state index is 4.96. The van der Waals surface area contributed by atoms with Crippen molar-refractivity contribution in [3.8, 4) is 22.6 Å². The van der Waals surface area contributed by atoms with E-state index in [2.05, 4.69) is 90.1 Å². The van der Waals surface area contributed by atoms with Gasteiger partial charge in [-0.25, -0.2) is 0 Å². The van der Waals surface area contributed by atoms with Crippen LogP contribution in [0.5, 0.6) is 0 Å². The third-order valence-corrected chi connectivity index (χ3v) is 8.67. The molecule has 40 heavy (non-hydrogen) atoms. The Bertz CT molecular complexity index is 1680. The molecule has 2 aliphatic carbocycles. The van der Waals surface area contributed by atoms with Gasteiger partial charge < -0.3 is 9.55 Å². The fourth-order valence-corrected chi connectivity index (χ4v) is 6.84. The molecule has 3 aliphatic rings. The second kappa shape index (κ2) is 11.3.